The van der Waals surface area contributed by atoms with Gasteiger partial charge in [-0.05, 0) is 24.3 Å². The van der Waals surface area contributed by atoms with Crippen molar-refractivity contribution in [3.05, 3.63) is 58.1 Å². The molecule has 13 heteroatoms. The number of rotatable bonds is 7. The molecule has 0 radical (unpaired) electrons. The van der Waals surface area contributed by atoms with Crippen molar-refractivity contribution in [1.82, 2.24) is 0 Å². The Morgan fingerprint density at radius 2 is 1.97 bits per heavy atom. The minimum atomic E-state index is -4.58. The van der Waals surface area contributed by atoms with Crippen LogP contribution in [0.25, 0.3) is 0 Å². The molecule has 1 N–H and O–H groups in total. The van der Waals surface area contributed by atoms with Crippen molar-refractivity contribution in [3.8, 4) is 5.75 Å². The molecule has 1 aliphatic heterocycles. The smallest absolute Gasteiger partial charge is 0.416 e. The van der Waals surface area contributed by atoms with Gasteiger partial charge in [-0.3, -0.25) is 24.5 Å². The number of esters is 1. The molecule has 0 saturated carbocycles. The van der Waals surface area contributed by atoms with Crippen LogP contribution in [-0.4, -0.2) is 43.0 Å². The molecule has 34 heavy (non-hydrogen) atoms. The second kappa shape index (κ2) is 9.77. The van der Waals surface area contributed by atoms with Gasteiger partial charge in [0.25, 0.3) is 11.6 Å². The number of nitrogens with one attached hydrogen (secondary N) is 1. The number of benzene rings is 2. The highest BCUT2D eigenvalue weighted by atomic mass is 19.4. The standard InChI is InChI=1S/C21H18F3N3O7/c1-33-17-9-15(27(31)32)5-6-16(17)26-10-12(7-19(26)29)20(30)34-11-18(28)25-14-4-2-3-13(8-14)21(22,23)24/h2-6,8-9,12H,7,10-11H2,1H3,(H,25,28)/t12-/m1/s1. The van der Waals surface area contributed by atoms with Gasteiger partial charge < -0.3 is 19.7 Å². The van der Waals surface area contributed by atoms with Crippen LogP contribution in [0.2, 0.25) is 0 Å². The second-order valence-corrected chi connectivity index (χ2v) is 7.25. The van der Waals surface area contributed by atoms with Crippen LogP contribution in [0.5, 0.6) is 5.75 Å². The van der Waals surface area contributed by atoms with E-state index in [-0.39, 0.29) is 35.8 Å². The minimum absolute atomic E-state index is 0.0667. The fourth-order valence-electron chi connectivity index (χ4n) is 3.33. The summed E-state index contributed by atoms with van der Waals surface area (Å²) >= 11 is 0. The van der Waals surface area contributed by atoms with Crippen LogP contribution in [-0.2, 0) is 25.3 Å². The van der Waals surface area contributed by atoms with Gasteiger partial charge in [0.15, 0.2) is 6.61 Å². The fourth-order valence-corrected chi connectivity index (χ4v) is 3.33. The first-order chi connectivity index (χ1) is 16.0. The Balaban J connectivity index is 1.59. The van der Waals surface area contributed by atoms with Crippen LogP contribution in [0.3, 0.4) is 0 Å². The van der Waals surface area contributed by atoms with Crippen LogP contribution >= 0.6 is 0 Å². The van der Waals surface area contributed by atoms with Crippen molar-refractivity contribution < 1.29 is 42.0 Å². The molecule has 0 bridgehead atoms. The maximum atomic E-state index is 12.8. The normalized spacial score (nSPS) is 15.7. The molecule has 10 nitrogen and oxygen atoms in total. The van der Waals surface area contributed by atoms with Gasteiger partial charge in [0.2, 0.25) is 5.91 Å². The number of halogens is 3. The van der Waals surface area contributed by atoms with E-state index in [0.717, 1.165) is 24.3 Å². The predicted molar refractivity (Wildman–Crippen MR) is 111 cm³/mol. The number of nitro groups is 1. The van der Waals surface area contributed by atoms with Crippen molar-refractivity contribution in [2.75, 3.05) is 30.5 Å². The molecule has 1 heterocycles. The monoisotopic (exact) mass is 481 g/mol. The number of anilines is 2. The van der Waals surface area contributed by atoms with Gasteiger partial charge in [-0.15, -0.1) is 0 Å². The Hall–Kier alpha value is -4.16. The molecule has 1 atom stereocenters. The number of amides is 2. The van der Waals surface area contributed by atoms with E-state index in [0.29, 0.717) is 0 Å². The molecular weight excluding hydrogens is 463 g/mol. The first-order valence-corrected chi connectivity index (χ1v) is 9.76. The number of carbonyl (C=O) groups is 3. The van der Waals surface area contributed by atoms with Crippen molar-refractivity contribution in [2.24, 2.45) is 5.92 Å². The number of alkyl halides is 3. The van der Waals surface area contributed by atoms with Crippen molar-refractivity contribution in [2.45, 2.75) is 12.6 Å². The highest BCUT2D eigenvalue weighted by Crippen LogP contribution is 2.36. The van der Waals surface area contributed by atoms with E-state index in [4.69, 9.17) is 9.47 Å². The van der Waals surface area contributed by atoms with Gasteiger partial charge in [-0.1, -0.05) is 6.07 Å². The van der Waals surface area contributed by atoms with Crippen LogP contribution in [0.4, 0.5) is 30.2 Å². The zero-order valence-corrected chi connectivity index (χ0v) is 17.6. The molecule has 1 aliphatic rings. The lowest BCUT2D eigenvalue weighted by Gasteiger charge is -2.19. The fraction of sp³-hybridized carbons (Fsp3) is 0.286. The lowest BCUT2D eigenvalue weighted by Crippen LogP contribution is -2.28. The second-order valence-electron chi connectivity index (χ2n) is 7.25. The number of ether oxygens (including phenoxy) is 2. The molecule has 0 aromatic heterocycles. The van der Waals surface area contributed by atoms with E-state index >= 15 is 0 Å². The van der Waals surface area contributed by atoms with Crippen molar-refractivity contribution >= 4 is 34.8 Å². The molecule has 180 valence electrons. The summed E-state index contributed by atoms with van der Waals surface area (Å²) in [5.41, 5.74) is -1.08. The first-order valence-electron chi connectivity index (χ1n) is 9.76. The maximum Gasteiger partial charge on any atom is 0.416 e. The average molecular weight is 481 g/mol. The van der Waals surface area contributed by atoms with Gasteiger partial charge in [0.1, 0.15) is 5.75 Å². The summed E-state index contributed by atoms with van der Waals surface area (Å²) in [7, 11) is 1.28. The molecule has 2 aromatic carbocycles. The van der Waals surface area contributed by atoms with E-state index in [1.807, 2.05) is 0 Å². The van der Waals surface area contributed by atoms with E-state index in [1.165, 1.54) is 30.2 Å². The van der Waals surface area contributed by atoms with Gasteiger partial charge >= 0.3 is 12.1 Å². The maximum absolute atomic E-state index is 12.8. The van der Waals surface area contributed by atoms with Gasteiger partial charge in [0.05, 0.1) is 35.3 Å². The third kappa shape index (κ3) is 5.60. The third-order valence-electron chi connectivity index (χ3n) is 4.94. The van der Waals surface area contributed by atoms with Gasteiger partial charge in [-0.2, -0.15) is 13.2 Å². The largest absolute Gasteiger partial charge is 0.494 e. The molecular formula is C21H18F3N3O7. The Morgan fingerprint density at radius 1 is 1.24 bits per heavy atom. The van der Waals surface area contributed by atoms with E-state index in [2.05, 4.69) is 5.32 Å². The summed E-state index contributed by atoms with van der Waals surface area (Å²) < 4.78 is 48.4. The third-order valence-corrected chi connectivity index (χ3v) is 4.94. The highest BCUT2D eigenvalue weighted by Gasteiger charge is 2.38. The quantitative estimate of drug-likeness (QED) is 0.366. The predicted octanol–water partition coefficient (Wildman–Crippen LogP) is 3.16. The summed E-state index contributed by atoms with van der Waals surface area (Å²) in [5.74, 6) is -3.02. The highest BCUT2D eigenvalue weighted by molar-refractivity contribution is 6.01. The lowest BCUT2D eigenvalue weighted by atomic mass is 10.1. The summed E-state index contributed by atoms with van der Waals surface area (Å²) in [6.45, 7) is -0.873. The molecule has 0 unspecified atom stereocenters. The van der Waals surface area contributed by atoms with Crippen molar-refractivity contribution in [1.29, 1.82) is 0 Å². The van der Waals surface area contributed by atoms with E-state index < -0.39 is 47.0 Å². The van der Waals surface area contributed by atoms with Gasteiger partial charge in [-0.25, -0.2) is 0 Å². The Kier molecular flexibility index (Phi) is 7.03. The number of nitro benzene ring substituents is 1. The Labute approximate surface area is 190 Å². The van der Waals surface area contributed by atoms with Crippen LogP contribution in [0.1, 0.15) is 12.0 Å². The SMILES string of the molecule is COc1cc([N+](=O)[O-])ccc1N1C[C@H](C(=O)OCC(=O)Nc2cccc(C(F)(F)F)c2)CC1=O. The van der Waals surface area contributed by atoms with Crippen molar-refractivity contribution in [3.63, 3.8) is 0 Å². The zero-order valence-electron chi connectivity index (χ0n) is 17.6. The van der Waals surface area contributed by atoms with Crippen LogP contribution in [0, 0.1) is 16.0 Å². The number of hydrogen-bond donors (Lipinski definition) is 1. The molecule has 2 amide bonds. The molecule has 1 fully saturated rings. The summed E-state index contributed by atoms with van der Waals surface area (Å²) in [6, 6.07) is 7.62. The number of hydrogen-bond acceptors (Lipinski definition) is 7. The van der Waals surface area contributed by atoms with E-state index in [9.17, 15) is 37.7 Å². The van der Waals surface area contributed by atoms with Gasteiger partial charge in [0, 0.05) is 24.7 Å². The summed E-state index contributed by atoms with van der Waals surface area (Å²) in [6.07, 6.45) is -4.81. The summed E-state index contributed by atoms with van der Waals surface area (Å²) in [5, 5.41) is 13.1. The summed E-state index contributed by atoms with van der Waals surface area (Å²) in [4.78, 5) is 48.3. The lowest BCUT2D eigenvalue weighted by molar-refractivity contribution is -0.384. The molecule has 1 saturated heterocycles. The van der Waals surface area contributed by atoms with Crippen LogP contribution < -0.4 is 15.0 Å². The number of nitrogens with zero attached hydrogens (tertiary/aromatic N) is 2. The number of methoxy groups -OCH3 is 1. The number of carbonyl (C=O) groups excluding carboxylic acids is 3. The van der Waals surface area contributed by atoms with E-state index in [1.54, 1.807) is 0 Å². The Bertz CT molecular complexity index is 1140. The molecule has 0 aliphatic carbocycles. The topological polar surface area (TPSA) is 128 Å². The molecule has 3 rings (SSSR count). The molecule has 0 spiro atoms. The first kappa shape index (κ1) is 24.5. The number of non-ortho nitro benzene ring substituents is 1. The average Bonchev–Trinajstić information content (AvgIpc) is 3.18. The van der Waals surface area contributed by atoms with Crippen LogP contribution in [0.15, 0.2) is 42.5 Å². The zero-order chi connectivity index (χ0) is 25.0. The molecule has 2 aromatic rings. The minimum Gasteiger partial charge on any atom is -0.494 e. The Morgan fingerprint density at radius 3 is 2.62 bits per heavy atom.